The van der Waals surface area contributed by atoms with Crippen LogP contribution in [0.25, 0.3) is 27.5 Å². The van der Waals surface area contributed by atoms with Crippen molar-refractivity contribution in [2.75, 3.05) is 9.80 Å². The summed E-state index contributed by atoms with van der Waals surface area (Å²) in [6.07, 6.45) is 0.0751. The van der Waals surface area contributed by atoms with Crippen molar-refractivity contribution < 1.29 is 0 Å². The number of rotatable bonds is 2. The molecule has 0 bridgehead atoms. The summed E-state index contributed by atoms with van der Waals surface area (Å²) in [6, 6.07) is 53.8. The summed E-state index contributed by atoms with van der Waals surface area (Å²) in [7, 11) is 0. The fourth-order valence-corrected chi connectivity index (χ4v) is 8.32. The molecule has 1 aromatic heterocycles. The molecule has 196 valence electrons. The highest BCUT2D eigenvalue weighted by atomic mass is 15.4. The minimum absolute atomic E-state index is 0.0751. The zero-order chi connectivity index (χ0) is 27.4. The van der Waals surface area contributed by atoms with Crippen LogP contribution < -0.4 is 20.7 Å². The topological polar surface area (TPSA) is 11.4 Å². The fraction of sp³-hybridized carbons (Fsp3) is 0.0526. The molecule has 0 amide bonds. The first-order valence-electron chi connectivity index (χ1n) is 14.8. The Morgan fingerprint density at radius 2 is 1.07 bits per heavy atom. The maximum Gasteiger partial charge on any atom is 0.229 e. The van der Waals surface area contributed by atoms with Gasteiger partial charge in [0.05, 0.1) is 5.52 Å². The largest absolute Gasteiger partial charge is 0.321 e. The second kappa shape index (κ2) is 8.17. The lowest BCUT2D eigenvalue weighted by atomic mass is 9.29. The smallest absolute Gasteiger partial charge is 0.229 e. The van der Waals surface area contributed by atoms with Crippen molar-refractivity contribution in [3.05, 3.63) is 151 Å². The molecule has 0 saturated carbocycles. The van der Waals surface area contributed by atoms with Crippen LogP contribution in [0.2, 0.25) is 0 Å². The van der Waals surface area contributed by atoms with Crippen molar-refractivity contribution >= 4 is 62.2 Å². The minimum atomic E-state index is 0.0751. The lowest BCUT2D eigenvalue weighted by Gasteiger charge is -2.49. The van der Waals surface area contributed by atoms with Gasteiger partial charge in [-0.25, -0.2) is 0 Å². The lowest BCUT2D eigenvalue weighted by Crippen LogP contribution is -2.64. The first kappa shape index (κ1) is 22.5. The van der Waals surface area contributed by atoms with Gasteiger partial charge in [0.2, 0.25) is 6.71 Å². The average Bonchev–Trinajstić information content (AvgIpc) is 3.58. The third kappa shape index (κ3) is 2.72. The van der Waals surface area contributed by atoms with Crippen LogP contribution in [0.4, 0.5) is 22.7 Å². The van der Waals surface area contributed by atoms with Gasteiger partial charge in [0.25, 0.3) is 0 Å². The normalized spacial score (nSPS) is 17.9. The van der Waals surface area contributed by atoms with Gasteiger partial charge in [0, 0.05) is 50.5 Å². The number of para-hydroxylation sites is 5. The first-order valence-corrected chi connectivity index (χ1v) is 14.8. The summed E-state index contributed by atoms with van der Waals surface area (Å²) < 4.78 is 2.54. The zero-order valence-electron chi connectivity index (χ0n) is 22.9. The number of benzene rings is 6. The molecule has 2 atom stereocenters. The monoisotopic (exact) mass is 535 g/mol. The number of aromatic nitrogens is 1. The van der Waals surface area contributed by atoms with Gasteiger partial charge in [-0.05, 0) is 65.0 Å². The Kier molecular flexibility index (Phi) is 4.37. The number of hydrogen-bond donors (Lipinski definition) is 0. The van der Waals surface area contributed by atoms with Crippen LogP contribution in [-0.2, 0) is 0 Å². The second-order valence-electron chi connectivity index (χ2n) is 11.7. The molecule has 0 radical (unpaired) electrons. The Morgan fingerprint density at radius 3 is 1.88 bits per heavy atom. The van der Waals surface area contributed by atoms with E-state index in [1.54, 1.807) is 0 Å². The minimum Gasteiger partial charge on any atom is -0.321 e. The van der Waals surface area contributed by atoms with Crippen LogP contribution in [0.1, 0.15) is 11.4 Å². The molecular weight excluding hydrogens is 509 g/mol. The van der Waals surface area contributed by atoms with Crippen molar-refractivity contribution in [1.29, 1.82) is 0 Å². The first-order chi connectivity index (χ1) is 20.9. The Bertz CT molecular complexity index is 2190. The van der Waals surface area contributed by atoms with Gasteiger partial charge >= 0.3 is 0 Å². The van der Waals surface area contributed by atoms with E-state index in [2.05, 4.69) is 160 Å². The Balaban J connectivity index is 1.37. The average molecular weight is 535 g/mol. The molecule has 7 aromatic rings. The van der Waals surface area contributed by atoms with Gasteiger partial charge in [0.15, 0.2) is 0 Å². The molecule has 6 aromatic carbocycles. The summed E-state index contributed by atoms with van der Waals surface area (Å²) in [5, 5.41) is 2.66. The number of anilines is 4. The van der Waals surface area contributed by atoms with Crippen LogP contribution in [0.3, 0.4) is 0 Å². The molecule has 4 heterocycles. The summed E-state index contributed by atoms with van der Waals surface area (Å²) in [5.74, 6) is 0.229. The van der Waals surface area contributed by atoms with Crippen LogP contribution in [0.15, 0.2) is 146 Å². The molecule has 3 nitrogen and oxygen atoms in total. The highest BCUT2D eigenvalue weighted by Gasteiger charge is 2.55. The van der Waals surface area contributed by atoms with E-state index in [9.17, 15) is 0 Å². The molecule has 10 rings (SSSR count). The summed E-state index contributed by atoms with van der Waals surface area (Å²) in [6.45, 7) is 0.219. The van der Waals surface area contributed by atoms with Crippen molar-refractivity contribution in [2.45, 2.75) is 12.0 Å². The molecule has 2 unspecified atom stereocenters. The summed E-state index contributed by atoms with van der Waals surface area (Å²) >= 11 is 0. The van der Waals surface area contributed by atoms with Crippen LogP contribution in [0.5, 0.6) is 0 Å². The number of hydrogen-bond acceptors (Lipinski definition) is 2. The fourth-order valence-electron chi connectivity index (χ4n) is 8.32. The third-order valence-electron chi connectivity index (χ3n) is 9.77. The molecule has 0 saturated heterocycles. The molecule has 0 spiro atoms. The molecule has 0 N–H and O–H groups in total. The second-order valence-corrected chi connectivity index (χ2v) is 11.7. The quantitative estimate of drug-likeness (QED) is 0.211. The van der Waals surface area contributed by atoms with Crippen LogP contribution in [0, 0.1) is 0 Å². The Morgan fingerprint density at radius 1 is 0.476 bits per heavy atom. The summed E-state index contributed by atoms with van der Waals surface area (Å²) in [5.41, 5.74) is 13.2. The van der Waals surface area contributed by atoms with Crippen molar-refractivity contribution in [3.8, 4) is 5.69 Å². The molecule has 3 aliphatic heterocycles. The number of fused-ring (bicyclic) bond motifs is 9. The van der Waals surface area contributed by atoms with Gasteiger partial charge in [-0.2, -0.15) is 0 Å². The van der Waals surface area contributed by atoms with E-state index in [4.69, 9.17) is 0 Å². The molecule has 0 aliphatic carbocycles. The molecular formula is C38H26BN3. The predicted molar refractivity (Wildman–Crippen MR) is 176 cm³/mol. The molecule has 4 heteroatoms. The van der Waals surface area contributed by atoms with Crippen molar-refractivity contribution in [1.82, 2.24) is 4.57 Å². The van der Waals surface area contributed by atoms with Gasteiger partial charge in [-0.15, -0.1) is 0 Å². The maximum atomic E-state index is 2.61. The molecule has 42 heavy (non-hydrogen) atoms. The van der Waals surface area contributed by atoms with Crippen molar-refractivity contribution in [3.63, 3.8) is 0 Å². The highest BCUT2D eigenvalue weighted by Crippen LogP contribution is 2.53. The highest BCUT2D eigenvalue weighted by molar-refractivity contribution is 6.91. The van der Waals surface area contributed by atoms with E-state index in [0.717, 1.165) is 0 Å². The summed E-state index contributed by atoms with van der Waals surface area (Å²) in [4.78, 5) is 5.21. The lowest BCUT2D eigenvalue weighted by molar-refractivity contribution is 0.662. The van der Waals surface area contributed by atoms with Crippen LogP contribution in [-0.4, -0.2) is 17.4 Å². The van der Waals surface area contributed by atoms with E-state index >= 15 is 0 Å². The number of nitrogens with zero attached hydrogens (tertiary/aromatic N) is 3. The molecule has 3 aliphatic rings. The van der Waals surface area contributed by atoms with Gasteiger partial charge in [-0.3, -0.25) is 0 Å². The Labute approximate surface area is 244 Å². The zero-order valence-corrected chi connectivity index (χ0v) is 22.9. The molecule has 0 fully saturated rings. The van der Waals surface area contributed by atoms with E-state index in [1.807, 2.05) is 0 Å². The standard InChI is InChI=1S/C38H26BN3/c1-3-13-25(14-4-1)40-32-22-10-8-18-29(32)35-38(40)41(26-15-5-2-6-16-26)33-23-12-24-34-36(33)39(35)30-20-11-19-28-27-17-7-9-21-31(27)42(34)37(28)30/h1-24,35,38H. The van der Waals surface area contributed by atoms with Crippen LogP contribution >= 0.6 is 0 Å². The third-order valence-corrected chi connectivity index (χ3v) is 9.77. The van der Waals surface area contributed by atoms with Crippen molar-refractivity contribution in [2.24, 2.45) is 0 Å². The van der Waals surface area contributed by atoms with E-state index in [-0.39, 0.29) is 18.7 Å². The van der Waals surface area contributed by atoms with E-state index < -0.39 is 0 Å². The van der Waals surface area contributed by atoms with Gasteiger partial charge in [0.1, 0.15) is 6.17 Å². The van der Waals surface area contributed by atoms with E-state index in [1.165, 1.54) is 66.7 Å². The van der Waals surface area contributed by atoms with Gasteiger partial charge < -0.3 is 14.4 Å². The predicted octanol–water partition coefficient (Wildman–Crippen LogP) is 7.66. The Hall–Kier alpha value is -5.22. The van der Waals surface area contributed by atoms with Gasteiger partial charge in [-0.1, -0.05) is 97.1 Å². The maximum absolute atomic E-state index is 2.61. The van der Waals surface area contributed by atoms with E-state index in [0.29, 0.717) is 0 Å². The SMILES string of the molecule is c1ccc(N2c3ccccc3C3B4c5c(cccc5-n5c6ccccc6c6cccc4c65)N(c4ccccc4)C32)cc1.